The van der Waals surface area contributed by atoms with Crippen molar-refractivity contribution in [2.24, 2.45) is 0 Å². The molecule has 1 N–H and O–H groups in total. The summed E-state index contributed by atoms with van der Waals surface area (Å²) >= 11 is 0. The van der Waals surface area contributed by atoms with Gasteiger partial charge in [0.15, 0.2) is 11.5 Å². The molecule has 0 bridgehead atoms. The number of ether oxygens (including phenoxy) is 2. The number of amides is 1. The van der Waals surface area contributed by atoms with Crippen LogP contribution in [0, 0.1) is 13.8 Å². The van der Waals surface area contributed by atoms with E-state index < -0.39 is 0 Å². The van der Waals surface area contributed by atoms with Gasteiger partial charge in [0.25, 0.3) is 5.56 Å². The second-order valence-corrected chi connectivity index (χ2v) is 7.89. The van der Waals surface area contributed by atoms with E-state index >= 15 is 0 Å². The van der Waals surface area contributed by atoms with Gasteiger partial charge >= 0.3 is 0 Å². The van der Waals surface area contributed by atoms with Crippen molar-refractivity contribution in [1.82, 2.24) is 24.9 Å². The minimum Gasteiger partial charge on any atom is -0.493 e. The van der Waals surface area contributed by atoms with Gasteiger partial charge in [-0.15, -0.1) is 0 Å². The highest BCUT2D eigenvalue weighted by Crippen LogP contribution is 2.27. The summed E-state index contributed by atoms with van der Waals surface area (Å²) in [7, 11) is 3.17. The second kappa shape index (κ2) is 9.78. The molecule has 0 spiro atoms. The highest BCUT2D eigenvalue weighted by atomic mass is 16.5. The lowest BCUT2D eigenvalue weighted by atomic mass is 10.1. The first kappa shape index (κ1) is 23.0. The minimum absolute atomic E-state index is 0.169. The van der Waals surface area contributed by atoms with Crippen LogP contribution < -0.4 is 20.3 Å². The molecular formula is C25H27N5O4. The molecule has 0 aliphatic heterocycles. The van der Waals surface area contributed by atoms with Crippen LogP contribution in [0.3, 0.4) is 0 Å². The Kier molecular flexibility index (Phi) is 6.62. The predicted octanol–water partition coefficient (Wildman–Crippen LogP) is 2.58. The van der Waals surface area contributed by atoms with Crippen LogP contribution in [0.5, 0.6) is 11.5 Å². The van der Waals surface area contributed by atoms with E-state index in [1.807, 2.05) is 55.5 Å². The molecule has 9 heteroatoms. The molecule has 0 aliphatic rings. The van der Waals surface area contributed by atoms with Crippen LogP contribution in [-0.2, 0) is 17.8 Å². The molecule has 2 heterocycles. The zero-order valence-corrected chi connectivity index (χ0v) is 19.7. The third kappa shape index (κ3) is 4.50. The van der Waals surface area contributed by atoms with E-state index in [2.05, 4.69) is 15.5 Å². The minimum atomic E-state index is -0.338. The maximum atomic E-state index is 13.1. The molecule has 34 heavy (non-hydrogen) atoms. The van der Waals surface area contributed by atoms with Crippen molar-refractivity contribution < 1.29 is 14.3 Å². The molecule has 0 fully saturated rings. The summed E-state index contributed by atoms with van der Waals surface area (Å²) in [5.74, 6) is 0.997. The van der Waals surface area contributed by atoms with Crippen molar-refractivity contribution in [3.8, 4) is 17.2 Å². The number of aryl methyl sites for hydroxylation is 2. The lowest BCUT2D eigenvalue weighted by Gasteiger charge is -2.10. The number of benzene rings is 2. The Morgan fingerprint density at radius 2 is 1.74 bits per heavy atom. The van der Waals surface area contributed by atoms with Crippen molar-refractivity contribution in [2.45, 2.75) is 26.8 Å². The summed E-state index contributed by atoms with van der Waals surface area (Å²) < 4.78 is 13.5. The van der Waals surface area contributed by atoms with Gasteiger partial charge in [0, 0.05) is 6.54 Å². The van der Waals surface area contributed by atoms with E-state index in [9.17, 15) is 9.59 Å². The van der Waals surface area contributed by atoms with Crippen molar-refractivity contribution in [3.05, 3.63) is 75.8 Å². The molecule has 2 aromatic heterocycles. The quantitative estimate of drug-likeness (QED) is 0.433. The summed E-state index contributed by atoms with van der Waals surface area (Å²) in [4.78, 5) is 25.7. The van der Waals surface area contributed by atoms with Gasteiger partial charge < -0.3 is 14.8 Å². The predicted molar refractivity (Wildman–Crippen MR) is 129 cm³/mol. The molecule has 0 unspecified atom stereocenters. The standard InChI is InChI=1S/C25H27N5O4/c1-16-24-23(17(2)30(28-24)19-8-6-5-7-9-19)25(32)29(27-16)15-22(31)26-13-12-18-10-11-20(33-3)21(14-18)34-4/h5-11,14H,12-13,15H2,1-4H3,(H,26,31). The molecule has 0 atom stereocenters. The zero-order chi connectivity index (χ0) is 24.2. The second-order valence-electron chi connectivity index (χ2n) is 7.89. The van der Waals surface area contributed by atoms with Crippen LogP contribution in [0.25, 0.3) is 16.6 Å². The number of methoxy groups -OCH3 is 2. The lowest BCUT2D eigenvalue weighted by Crippen LogP contribution is -2.35. The molecule has 0 radical (unpaired) electrons. The monoisotopic (exact) mass is 461 g/mol. The Hall–Kier alpha value is -4.14. The third-order valence-corrected chi connectivity index (χ3v) is 5.66. The fourth-order valence-corrected chi connectivity index (χ4v) is 3.92. The van der Waals surface area contributed by atoms with Crippen molar-refractivity contribution >= 4 is 16.8 Å². The number of hydrogen-bond acceptors (Lipinski definition) is 6. The molecule has 4 rings (SSSR count). The summed E-state index contributed by atoms with van der Waals surface area (Å²) in [6, 6.07) is 15.2. The van der Waals surface area contributed by atoms with E-state index in [-0.39, 0.29) is 18.0 Å². The summed E-state index contributed by atoms with van der Waals surface area (Å²) in [6.07, 6.45) is 0.607. The van der Waals surface area contributed by atoms with Crippen LogP contribution in [0.2, 0.25) is 0 Å². The molecule has 9 nitrogen and oxygen atoms in total. The number of para-hydroxylation sites is 1. The first-order chi connectivity index (χ1) is 16.4. The maximum Gasteiger partial charge on any atom is 0.278 e. The molecule has 0 saturated heterocycles. The van der Waals surface area contributed by atoms with Crippen molar-refractivity contribution in [1.29, 1.82) is 0 Å². The van der Waals surface area contributed by atoms with E-state index in [0.717, 1.165) is 11.3 Å². The molecular weight excluding hydrogens is 434 g/mol. The van der Waals surface area contributed by atoms with Crippen LogP contribution in [0.4, 0.5) is 0 Å². The molecule has 2 aromatic carbocycles. The molecule has 176 valence electrons. The fraction of sp³-hybridized carbons (Fsp3) is 0.280. The molecule has 4 aromatic rings. The van der Waals surface area contributed by atoms with Crippen LogP contribution in [-0.4, -0.2) is 46.2 Å². The number of aromatic nitrogens is 4. The Bertz CT molecular complexity index is 1390. The van der Waals surface area contributed by atoms with Crippen molar-refractivity contribution in [3.63, 3.8) is 0 Å². The average molecular weight is 462 g/mol. The smallest absolute Gasteiger partial charge is 0.278 e. The molecule has 0 saturated carbocycles. The number of rotatable bonds is 8. The lowest BCUT2D eigenvalue weighted by molar-refractivity contribution is -0.121. The fourth-order valence-electron chi connectivity index (χ4n) is 3.92. The molecule has 0 aliphatic carbocycles. The maximum absolute atomic E-state index is 13.1. The van der Waals surface area contributed by atoms with Gasteiger partial charge in [0.05, 0.1) is 36.7 Å². The number of carbonyl (C=O) groups excluding carboxylic acids is 1. The first-order valence-electron chi connectivity index (χ1n) is 10.9. The van der Waals surface area contributed by atoms with Gasteiger partial charge in [-0.05, 0) is 50.1 Å². The third-order valence-electron chi connectivity index (χ3n) is 5.66. The van der Waals surface area contributed by atoms with Crippen LogP contribution in [0.1, 0.15) is 17.0 Å². The number of fused-ring (bicyclic) bond motifs is 1. The van der Waals surface area contributed by atoms with Crippen LogP contribution in [0.15, 0.2) is 53.3 Å². The summed E-state index contributed by atoms with van der Waals surface area (Å²) in [5.41, 5.74) is 3.35. The van der Waals surface area contributed by atoms with Gasteiger partial charge in [0.2, 0.25) is 5.91 Å². The van der Waals surface area contributed by atoms with E-state index in [1.165, 1.54) is 4.68 Å². The average Bonchev–Trinajstić information content (AvgIpc) is 3.20. The van der Waals surface area contributed by atoms with Gasteiger partial charge in [-0.25, -0.2) is 9.36 Å². The Morgan fingerprint density at radius 3 is 2.44 bits per heavy atom. The van der Waals surface area contributed by atoms with Crippen molar-refractivity contribution in [2.75, 3.05) is 20.8 Å². The number of nitrogens with zero attached hydrogens (tertiary/aromatic N) is 4. The van der Waals surface area contributed by atoms with E-state index in [4.69, 9.17) is 9.47 Å². The number of carbonyl (C=O) groups is 1. The Labute approximate surface area is 196 Å². The SMILES string of the molecule is COc1ccc(CCNC(=O)Cn2nc(C)c3nn(-c4ccccc4)c(C)c3c2=O)cc1OC. The summed E-state index contributed by atoms with van der Waals surface area (Å²) in [5, 5.41) is 12.2. The van der Waals surface area contributed by atoms with E-state index in [0.29, 0.717) is 46.8 Å². The normalized spacial score (nSPS) is 10.9. The summed E-state index contributed by atoms with van der Waals surface area (Å²) in [6.45, 7) is 3.87. The van der Waals surface area contributed by atoms with Crippen LogP contribution >= 0.6 is 0 Å². The zero-order valence-electron chi connectivity index (χ0n) is 19.7. The Balaban J connectivity index is 1.49. The largest absolute Gasteiger partial charge is 0.493 e. The van der Waals surface area contributed by atoms with Gasteiger partial charge in [-0.3, -0.25) is 9.59 Å². The van der Waals surface area contributed by atoms with Gasteiger partial charge in [0.1, 0.15) is 12.1 Å². The molecule has 1 amide bonds. The highest BCUT2D eigenvalue weighted by Gasteiger charge is 2.18. The van der Waals surface area contributed by atoms with Gasteiger partial charge in [-0.2, -0.15) is 10.2 Å². The van der Waals surface area contributed by atoms with Gasteiger partial charge in [-0.1, -0.05) is 24.3 Å². The highest BCUT2D eigenvalue weighted by molar-refractivity contribution is 5.83. The number of nitrogens with one attached hydrogen (secondary N) is 1. The Morgan fingerprint density at radius 1 is 1.00 bits per heavy atom. The number of hydrogen-bond donors (Lipinski definition) is 1. The van der Waals surface area contributed by atoms with E-state index in [1.54, 1.807) is 25.8 Å². The topological polar surface area (TPSA) is 100 Å². The first-order valence-corrected chi connectivity index (χ1v) is 10.9.